The molecule has 0 aliphatic carbocycles. The molecule has 1 atom stereocenters. The van der Waals surface area contributed by atoms with Crippen molar-refractivity contribution in [2.75, 3.05) is 6.54 Å². The average molecular weight is 223 g/mol. The van der Waals surface area contributed by atoms with Crippen LogP contribution in [-0.4, -0.2) is 6.54 Å². The van der Waals surface area contributed by atoms with Crippen LogP contribution in [0.5, 0.6) is 0 Å². The van der Waals surface area contributed by atoms with Gasteiger partial charge in [0.15, 0.2) is 0 Å². The van der Waals surface area contributed by atoms with Gasteiger partial charge in [0.25, 0.3) is 0 Å². The Morgan fingerprint density at radius 2 is 1.81 bits per heavy atom. The van der Waals surface area contributed by atoms with Crippen LogP contribution < -0.4 is 5.32 Å². The first kappa shape index (κ1) is 13.2. The van der Waals surface area contributed by atoms with E-state index < -0.39 is 0 Å². The number of rotatable bonds is 5. The summed E-state index contributed by atoms with van der Waals surface area (Å²) >= 11 is 0. The molecule has 0 aliphatic heterocycles. The van der Waals surface area contributed by atoms with E-state index in [0.29, 0.717) is 5.41 Å². The predicted molar refractivity (Wildman–Crippen MR) is 66.9 cm³/mol. The molecule has 0 bridgehead atoms. The van der Waals surface area contributed by atoms with Crippen LogP contribution in [0.3, 0.4) is 0 Å². The molecule has 16 heavy (non-hydrogen) atoms. The van der Waals surface area contributed by atoms with Gasteiger partial charge in [-0.1, -0.05) is 32.9 Å². The van der Waals surface area contributed by atoms with E-state index in [1.54, 1.807) is 0 Å². The molecular weight excluding hydrogens is 201 g/mol. The van der Waals surface area contributed by atoms with Crippen LogP contribution in [0.2, 0.25) is 0 Å². The lowest BCUT2D eigenvalue weighted by atomic mass is 9.90. The summed E-state index contributed by atoms with van der Waals surface area (Å²) in [4.78, 5) is 0. The van der Waals surface area contributed by atoms with E-state index in [-0.39, 0.29) is 11.9 Å². The number of nitrogens with one attached hydrogen (secondary N) is 1. The van der Waals surface area contributed by atoms with Crippen molar-refractivity contribution in [3.63, 3.8) is 0 Å². The molecule has 0 fully saturated rings. The molecule has 0 saturated carbocycles. The second-order valence-electron chi connectivity index (χ2n) is 5.17. The molecule has 0 aliphatic rings. The van der Waals surface area contributed by atoms with Crippen LogP contribution in [-0.2, 0) is 0 Å². The van der Waals surface area contributed by atoms with Crippen LogP contribution in [0.25, 0.3) is 0 Å². The van der Waals surface area contributed by atoms with Gasteiger partial charge in [0.1, 0.15) is 5.82 Å². The van der Waals surface area contributed by atoms with E-state index in [0.717, 1.165) is 18.5 Å². The van der Waals surface area contributed by atoms with Crippen molar-refractivity contribution >= 4 is 0 Å². The summed E-state index contributed by atoms with van der Waals surface area (Å²) in [5.41, 5.74) is 1.45. The number of hydrogen-bond donors (Lipinski definition) is 1. The Morgan fingerprint density at radius 3 is 2.31 bits per heavy atom. The molecule has 2 heteroatoms. The Kier molecular flexibility index (Phi) is 4.48. The van der Waals surface area contributed by atoms with Gasteiger partial charge in [-0.15, -0.1) is 0 Å². The smallest absolute Gasteiger partial charge is 0.123 e. The molecule has 0 aromatic heterocycles. The molecule has 0 amide bonds. The monoisotopic (exact) mass is 223 g/mol. The quantitative estimate of drug-likeness (QED) is 0.798. The van der Waals surface area contributed by atoms with Gasteiger partial charge < -0.3 is 5.32 Å². The maximum atomic E-state index is 12.8. The zero-order valence-electron chi connectivity index (χ0n) is 10.7. The molecule has 0 radical (unpaired) electrons. The lowest BCUT2D eigenvalue weighted by molar-refractivity contribution is 0.314. The fourth-order valence-electron chi connectivity index (χ4n) is 1.42. The van der Waals surface area contributed by atoms with Crippen LogP contribution in [0.4, 0.5) is 4.39 Å². The Labute approximate surface area is 98.1 Å². The Morgan fingerprint density at radius 1 is 1.25 bits per heavy atom. The zero-order valence-corrected chi connectivity index (χ0v) is 10.7. The van der Waals surface area contributed by atoms with E-state index in [9.17, 15) is 4.39 Å². The third-order valence-corrected chi connectivity index (χ3v) is 3.21. The fourth-order valence-corrected chi connectivity index (χ4v) is 1.42. The number of hydrogen-bond acceptors (Lipinski definition) is 1. The highest BCUT2D eigenvalue weighted by molar-refractivity contribution is 5.19. The first-order valence-electron chi connectivity index (χ1n) is 5.93. The van der Waals surface area contributed by atoms with E-state index >= 15 is 0 Å². The highest BCUT2D eigenvalue weighted by Crippen LogP contribution is 2.20. The van der Waals surface area contributed by atoms with Gasteiger partial charge in [0.05, 0.1) is 0 Å². The molecule has 1 rings (SSSR count). The molecule has 1 N–H and O–H groups in total. The summed E-state index contributed by atoms with van der Waals surface area (Å²) in [5, 5.41) is 3.49. The van der Waals surface area contributed by atoms with Crippen molar-refractivity contribution < 1.29 is 4.39 Å². The predicted octanol–water partition coefficient (Wildman–Crippen LogP) is 3.91. The van der Waals surface area contributed by atoms with Crippen LogP contribution >= 0.6 is 0 Å². The first-order chi connectivity index (χ1) is 7.44. The fraction of sp³-hybridized carbons (Fsp3) is 0.571. The minimum absolute atomic E-state index is 0.176. The van der Waals surface area contributed by atoms with Gasteiger partial charge in [-0.25, -0.2) is 4.39 Å². The Hall–Kier alpha value is -0.890. The van der Waals surface area contributed by atoms with Gasteiger partial charge in [-0.3, -0.25) is 0 Å². The zero-order chi connectivity index (χ0) is 12.2. The SMILES string of the molecule is CCC(C)(C)CNC(C)c1ccc(F)cc1. The summed E-state index contributed by atoms with van der Waals surface area (Å²) in [7, 11) is 0. The van der Waals surface area contributed by atoms with Crippen molar-refractivity contribution in [2.24, 2.45) is 5.41 Å². The highest BCUT2D eigenvalue weighted by atomic mass is 19.1. The van der Waals surface area contributed by atoms with E-state index in [1.807, 2.05) is 12.1 Å². The minimum atomic E-state index is -0.176. The van der Waals surface area contributed by atoms with E-state index in [1.165, 1.54) is 12.1 Å². The second-order valence-corrected chi connectivity index (χ2v) is 5.17. The number of benzene rings is 1. The minimum Gasteiger partial charge on any atom is -0.310 e. The van der Waals surface area contributed by atoms with Gasteiger partial charge in [0.2, 0.25) is 0 Å². The molecule has 1 unspecified atom stereocenters. The maximum Gasteiger partial charge on any atom is 0.123 e. The van der Waals surface area contributed by atoms with Gasteiger partial charge in [0, 0.05) is 12.6 Å². The van der Waals surface area contributed by atoms with Crippen LogP contribution in [0.1, 0.15) is 45.7 Å². The van der Waals surface area contributed by atoms with Crippen molar-refractivity contribution in [2.45, 2.75) is 40.2 Å². The largest absolute Gasteiger partial charge is 0.310 e. The molecule has 1 aromatic rings. The average Bonchev–Trinajstić information content (AvgIpc) is 2.27. The van der Waals surface area contributed by atoms with Gasteiger partial charge in [-0.2, -0.15) is 0 Å². The van der Waals surface area contributed by atoms with Crippen molar-refractivity contribution in [3.05, 3.63) is 35.6 Å². The summed E-state index contributed by atoms with van der Waals surface area (Å²) in [5.74, 6) is -0.176. The lowest BCUT2D eigenvalue weighted by Crippen LogP contribution is -2.30. The number of halogens is 1. The van der Waals surface area contributed by atoms with E-state index in [4.69, 9.17) is 0 Å². The summed E-state index contributed by atoms with van der Waals surface area (Å²) in [6, 6.07) is 6.97. The van der Waals surface area contributed by atoms with Gasteiger partial charge >= 0.3 is 0 Å². The van der Waals surface area contributed by atoms with Gasteiger partial charge in [-0.05, 0) is 36.5 Å². The highest BCUT2D eigenvalue weighted by Gasteiger charge is 2.16. The maximum absolute atomic E-state index is 12.8. The molecule has 90 valence electrons. The normalized spacial score (nSPS) is 13.8. The lowest BCUT2D eigenvalue weighted by Gasteiger charge is -2.26. The third-order valence-electron chi connectivity index (χ3n) is 3.21. The van der Waals surface area contributed by atoms with Crippen molar-refractivity contribution in [3.8, 4) is 0 Å². The first-order valence-corrected chi connectivity index (χ1v) is 5.93. The third kappa shape index (κ3) is 3.93. The standard InChI is InChI=1S/C14H22FN/c1-5-14(3,4)10-16-11(2)12-6-8-13(15)9-7-12/h6-9,11,16H,5,10H2,1-4H3. The molecular formula is C14H22FN. The second kappa shape index (κ2) is 5.44. The molecule has 1 aromatic carbocycles. The Bertz CT molecular complexity index is 316. The van der Waals surface area contributed by atoms with E-state index in [2.05, 4.69) is 33.0 Å². The molecule has 0 heterocycles. The molecule has 1 nitrogen and oxygen atoms in total. The van der Waals surface area contributed by atoms with Crippen molar-refractivity contribution in [1.82, 2.24) is 5.32 Å². The Balaban J connectivity index is 2.53. The topological polar surface area (TPSA) is 12.0 Å². The molecule has 0 saturated heterocycles. The summed E-state index contributed by atoms with van der Waals surface area (Å²) in [6.45, 7) is 9.78. The van der Waals surface area contributed by atoms with Crippen molar-refractivity contribution in [1.29, 1.82) is 0 Å². The van der Waals surface area contributed by atoms with Crippen LogP contribution in [0.15, 0.2) is 24.3 Å². The van der Waals surface area contributed by atoms with Crippen LogP contribution in [0, 0.1) is 11.2 Å². The summed E-state index contributed by atoms with van der Waals surface area (Å²) in [6.07, 6.45) is 1.15. The summed E-state index contributed by atoms with van der Waals surface area (Å²) < 4.78 is 12.8. The molecule has 0 spiro atoms.